The number of halogens is 1. The third kappa shape index (κ3) is 11.8. The molecule has 0 saturated heterocycles. The molecule has 0 fully saturated rings. The van der Waals surface area contributed by atoms with Crippen molar-refractivity contribution >= 4 is 8.30 Å². The van der Waals surface area contributed by atoms with Gasteiger partial charge >= 0.3 is 0 Å². The van der Waals surface area contributed by atoms with Crippen molar-refractivity contribution in [3.8, 4) is 0 Å². The van der Waals surface area contributed by atoms with Gasteiger partial charge in [0, 0.05) is 18.4 Å². The number of hydrogen-bond donors (Lipinski definition) is 3. The van der Waals surface area contributed by atoms with Gasteiger partial charge in [0.1, 0.15) is 0 Å². The molecule has 1 rings (SSSR count). The fraction of sp³-hybridized carbons (Fsp3) is 0.478. The maximum absolute atomic E-state index is 13.8. The topological polar surface area (TPSA) is 59.3 Å². The molecule has 1 aromatic rings. The molecule has 4 N–H and O–H groups in total. The van der Waals surface area contributed by atoms with Crippen LogP contribution in [0.5, 0.6) is 0 Å². The van der Waals surface area contributed by atoms with Gasteiger partial charge in [-0.1, -0.05) is 49.9 Å². The lowest BCUT2D eigenvalue weighted by Gasteiger charge is -2.19. The number of nitrogens with one attached hydrogen (secondary N) is 2. The molecule has 0 heterocycles. The fourth-order valence-corrected chi connectivity index (χ4v) is 3.81. The van der Waals surface area contributed by atoms with Crippen LogP contribution >= 0.6 is 8.30 Å². The number of unbranched alkanes of at least 4 members (excludes halogenated alkanes) is 1. The normalized spacial score (nSPS) is 13.6. The molecule has 0 saturated carbocycles. The summed E-state index contributed by atoms with van der Waals surface area (Å²) in [5.41, 5.74) is 9.06. The summed E-state index contributed by atoms with van der Waals surface area (Å²) < 4.78 is 19.6. The third-order valence-corrected chi connectivity index (χ3v) is 5.93. The Kier molecular flexibility index (Phi) is 13.3. The standard InChI is InChI=1S/C23H37FN3OP/c1-5-22(27-20(4)23(24)18-26-6-2)11-7-8-16-28-29(25)17-9-10-21-14-12-19(3)13-15-21/h6,12-15,18,22,26-27H,2,4-5,7-11,16-17,25H2,1,3H3/b23-18+. The first-order chi connectivity index (χ1) is 14.0. The minimum Gasteiger partial charge on any atom is -0.380 e. The lowest BCUT2D eigenvalue weighted by molar-refractivity contribution is 0.329. The molecule has 0 bridgehead atoms. The van der Waals surface area contributed by atoms with Crippen molar-refractivity contribution in [3.63, 3.8) is 0 Å². The molecule has 2 unspecified atom stereocenters. The zero-order valence-corrected chi connectivity index (χ0v) is 18.8. The van der Waals surface area contributed by atoms with Gasteiger partial charge in [0.15, 0.2) is 5.83 Å². The Morgan fingerprint density at radius 3 is 2.66 bits per heavy atom. The average Bonchev–Trinajstić information content (AvgIpc) is 2.72. The summed E-state index contributed by atoms with van der Waals surface area (Å²) in [6.07, 6.45) is 9.48. The van der Waals surface area contributed by atoms with Crippen molar-refractivity contribution in [2.24, 2.45) is 5.50 Å². The van der Waals surface area contributed by atoms with Gasteiger partial charge in [-0.2, -0.15) is 0 Å². The van der Waals surface area contributed by atoms with Gasteiger partial charge in [-0.05, 0) is 57.2 Å². The zero-order chi connectivity index (χ0) is 21.5. The molecule has 0 aromatic heterocycles. The van der Waals surface area contributed by atoms with Gasteiger partial charge in [-0.15, -0.1) is 0 Å². The maximum atomic E-state index is 13.8. The van der Waals surface area contributed by atoms with E-state index in [0.29, 0.717) is 12.3 Å². The van der Waals surface area contributed by atoms with Gasteiger partial charge in [-0.3, -0.25) is 5.50 Å². The van der Waals surface area contributed by atoms with Gasteiger partial charge in [-0.25, -0.2) is 4.39 Å². The highest BCUT2D eigenvalue weighted by Crippen LogP contribution is 2.28. The summed E-state index contributed by atoms with van der Waals surface area (Å²) in [6.45, 7) is 12.1. The van der Waals surface area contributed by atoms with E-state index < -0.39 is 14.1 Å². The highest BCUT2D eigenvalue weighted by molar-refractivity contribution is 7.49. The maximum Gasteiger partial charge on any atom is 0.161 e. The van der Waals surface area contributed by atoms with Crippen molar-refractivity contribution < 1.29 is 8.91 Å². The Bertz CT molecular complexity index is 634. The second-order valence-corrected chi connectivity index (χ2v) is 8.69. The second kappa shape index (κ2) is 15.2. The second-order valence-electron chi connectivity index (χ2n) is 7.15. The van der Waals surface area contributed by atoms with Crippen molar-refractivity contribution in [1.82, 2.24) is 10.6 Å². The largest absolute Gasteiger partial charge is 0.380 e. The number of hydrogen-bond acceptors (Lipinski definition) is 4. The summed E-state index contributed by atoms with van der Waals surface area (Å²) in [5, 5.41) is 5.76. The smallest absolute Gasteiger partial charge is 0.161 e. The SMILES string of the molecule is C=CN/C=C(/F)C(=C)NC(CC)CCCCOP(N)CCCc1ccc(C)cc1. The Morgan fingerprint density at radius 1 is 1.28 bits per heavy atom. The van der Waals surface area contributed by atoms with Crippen LogP contribution in [0.25, 0.3) is 0 Å². The van der Waals surface area contributed by atoms with Crippen LogP contribution in [-0.4, -0.2) is 18.8 Å². The van der Waals surface area contributed by atoms with Crippen LogP contribution in [0, 0.1) is 6.92 Å². The van der Waals surface area contributed by atoms with Crippen molar-refractivity contribution in [2.75, 3.05) is 12.8 Å². The van der Waals surface area contributed by atoms with Crippen molar-refractivity contribution in [2.45, 2.75) is 58.4 Å². The Morgan fingerprint density at radius 2 is 2.00 bits per heavy atom. The van der Waals surface area contributed by atoms with E-state index >= 15 is 0 Å². The van der Waals surface area contributed by atoms with Gasteiger partial charge in [0.2, 0.25) is 0 Å². The van der Waals surface area contributed by atoms with Gasteiger partial charge < -0.3 is 15.2 Å². The quantitative estimate of drug-likeness (QED) is 0.179. The van der Waals surface area contributed by atoms with E-state index in [1.54, 1.807) is 0 Å². The molecular weight excluding hydrogens is 384 g/mol. The number of benzene rings is 1. The number of nitrogens with two attached hydrogens (primary N) is 1. The first-order valence-corrected chi connectivity index (χ1v) is 11.9. The van der Waals surface area contributed by atoms with Crippen LogP contribution in [0.4, 0.5) is 4.39 Å². The zero-order valence-electron chi connectivity index (χ0n) is 17.9. The lowest BCUT2D eigenvalue weighted by atomic mass is 10.1. The molecule has 0 spiro atoms. The van der Waals surface area contributed by atoms with E-state index in [1.807, 2.05) is 0 Å². The average molecular weight is 422 g/mol. The molecule has 162 valence electrons. The van der Waals surface area contributed by atoms with Crippen LogP contribution in [0.1, 0.15) is 50.2 Å². The van der Waals surface area contributed by atoms with E-state index in [2.05, 4.69) is 61.9 Å². The molecule has 1 aromatic carbocycles. The molecule has 0 aliphatic rings. The number of aryl methyl sites for hydroxylation is 2. The highest BCUT2D eigenvalue weighted by Gasteiger charge is 2.10. The monoisotopic (exact) mass is 421 g/mol. The van der Waals surface area contributed by atoms with Gasteiger partial charge in [0.25, 0.3) is 0 Å². The minimum atomic E-state index is -0.849. The lowest BCUT2D eigenvalue weighted by Crippen LogP contribution is -2.28. The van der Waals surface area contributed by atoms with E-state index in [1.165, 1.54) is 23.5 Å². The Balaban J connectivity index is 2.13. The van der Waals surface area contributed by atoms with E-state index in [0.717, 1.165) is 44.7 Å². The molecule has 2 atom stereocenters. The third-order valence-electron chi connectivity index (χ3n) is 4.66. The summed E-state index contributed by atoms with van der Waals surface area (Å²) in [5.74, 6) is -0.411. The van der Waals surface area contributed by atoms with E-state index in [4.69, 9.17) is 10.0 Å². The summed E-state index contributed by atoms with van der Waals surface area (Å²) in [4.78, 5) is 0. The van der Waals surface area contributed by atoms with Crippen molar-refractivity contribution in [1.29, 1.82) is 0 Å². The molecule has 4 nitrogen and oxygen atoms in total. The summed E-state index contributed by atoms with van der Waals surface area (Å²) in [6, 6.07) is 8.85. The summed E-state index contributed by atoms with van der Waals surface area (Å²) in [7, 11) is -0.849. The molecule has 0 amide bonds. The highest BCUT2D eigenvalue weighted by atomic mass is 31.2. The summed E-state index contributed by atoms with van der Waals surface area (Å²) >= 11 is 0. The van der Waals surface area contributed by atoms with Crippen LogP contribution in [0.2, 0.25) is 0 Å². The molecule has 0 aliphatic heterocycles. The number of allylic oxidation sites excluding steroid dienone is 1. The molecule has 6 heteroatoms. The Hall–Kier alpha value is -1.68. The first kappa shape index (κ1) is 25.4. The van der Waals surface area contributed by atoms with E-state index in [9.17, 15) is 4.39 Å². The molecule has 0 aliphatic carbocycles. The van der Waals surface area contributed by atoms with Gasteiger partial charge in [0.05, 0.1) is 20.6 Å². The van der Waals surface area contributed by atoms with E-state index in [-0.39, 0.29) is 6.04 Å². The molecule has 29 heavy (non-hydrogen) atoms. The molecule has 0 radical (unpaired) electrons. The van der Waals surface area contributed by atoms with Crippen LogP contribution < -0.4 is 16.1 Å². The molecular formula is C23H37FN3OP. The van der Waals surface area contributed by atoms with Crippen LogP contribution in [-0.2, 0) is 10.9 Å². The first-order valence-electron chi connectivity index (χ1n) is 10.3. The predicted octanol–water partition coefficient (Wildman–Crippen LogP) is 5.81. The fourth-order valence-electron chi connectivity index (χ4n) is 2.85. The minimum absolute atomic E-state index is 0.194. The predicted molar refractivity (Wildman–Crippen MR) is 124 cm³/mol. The van der Waals surface area contributed by atoms with Crippen molar-refractivity contribution in [3.05, 3.63) is 72.5 Å². The van der Waals surface area contributed by atoms with Crippen LogP contribution in [0.3, 0.4) is 0 Å². The van der Waals surface area contributed by atoms with Crippen LogP contribution in [0.15, 0.2) is 61.3 Å². The Labute approximate surface area is 177 Å². The number of rotatable bonds is 16.